The fourth-order valence-electron chi connectivity index (χ4n) is 2.08. The maximum atomic E-state index is 12.1. The third-order valence-electron chi connectivity index (χ3n) is 3.81. The molecule has 0 aromatic heterocycles. The van der Waals surface area contributed by atoms with Crippen molar-refractivity contribution < 1.29 is 36.4 Å². The molecule has 14 heteroatoms. The zero-order valence-electron chi connectivity index (χ0n) is 16.2. The van der Waals surface area contributed by atoms with E-state index in [2.05, 4.69) is 0 Å². The highest BCUT2D eigenvalue weighted by molar-refractivity contribution is 7.88. The maximum Gasteiger partial charge on any atom is 0.400 e. The van der Waals surface area contributed by atoms with Gasteiger partial charge in [0.1, 0.15) is 0 Å². The van der Waals surface area contributed by atoms with Gasteiger partial charge in [0.25, 0.3) is 0 Å². The van der Waals surface area contributed by atoms with Gasteiger partial charge in [-0.1, -0.05) is 6.92 Å². The Bertz CT molecular complexity index is 621. The van der Waals surface area contributed by atoms with Gasteiger partial charge >= 0.3 is 15.5 Å². The van der Waals surface area contributed by atoms with Crippen LogP contribution in [0.4, 0.5) is 0 Å². The van der Waals surface area contributed by atoms with Gasteiger partial charge in [-0.25, -0.2) is 20.1 Å². The van der Waals surface area contributed by atoms with Crippen LogP contribution in [-0.4, -0.2) is 52.4 Å². The molecule has 0 amide bonds. The molecule has 0 bridgehead atoms. The summed E-state index contributed by atoms with van der Waals surface area (Å²) in [5, 5.41) is 0. The van der Waals surface area contributed by atoms with Gasteiger partial charge in [0, 0.05) is 44.6 Å². The lowest BCUT2D eigenvalue weighted by Gasteiger charge is -2.29. The average Bonchev–Trinajstić information content (AvgIpc) is 2.45. The Kier molecular flexibility index (Phi) is 11.3. The lowest BCUT2D eigenvalue weighted by Crippen LogP contribution is -2.30. The van der Waals surface area contributed by atoms with E-state index in [4.69, 9.17) is 29.8 Å². The van der Waals surface area contributed by atoms with Crippen molar-refractivity contribution in [3.05, 3.63) is 0 Å². The van der Waals surface area contributed by atoms with E-state index in [1.165, 1.54) is 0 Å². The fraction of sp³-hybridized carbons (Fsp3) is 1.00. The summed E-state index contributed by atoms with van der Waals surface area (Å²) < 4.78 is 56.3. The van der Waals surface area contributed by atoms with Gasteiger partial charge in [0.05, 0.1) is 11.2 Å². The quantitative estimate of drug-likeness (QED) is 0.271. The molecule has 0 aliphatic heterocycles. The highest BCUT2D eigenvalue weighted by Crippen LogP contribution is 2.40. The van der Waals surface area contributed by atoms with Crippen LogP contribution in [0.15, 0.2) is 0 Å². The lowest BCUT2D eigenvalue weighted by atomic mass is 10.0. The first-order valence-electron chi connectivity index (χ1n) is 8.31. The summed E-state index contributed by atoms with van der Waals surface area (Å²) in [5.74, 6) is 0.821. The largest absolute Gasteiger partial charge is 0.400 e. The zero-order chi connectivity index (χ0) is 21.5. The van der Waals surface area contributed by atoms with Gasteiger partial charge in [-0.15, -0.1) is 0 Å². The van der Waals surface area contributed by atoms with Crippen molar-refractivity contribution in [2.75, 3.05) is 23.0 Å². The molecule has 0 saturated heterocycles. The standard InChI is InChI=1S/C13H32N2O8P2S2/c1-5-13(4,23-25(15,18)19)7-9-27(21)11-10-26(20)8-6-12(2,3)22-24(14,16)17/h5-11H2,1-4H3,(H3,14,16,17)(H3,15,18,19). The molecule has 0 aliphatic rings. The third-order valence-corrected chi connectivity index (χ3v) is 8.16. The van der Waals surface area contributed by atoms with Crippen LogP contribution in [0.2, 0.25) is 0 Å². The van der Waals surface area contributed by atoms with Gasteiger partial charge in [-0.05, 0) is 40.0 Å². The molecule has 0 aromatic rings. The van der Waals surface area contributed by atoms with E-state index in [1.54, 1.807) is 27.7 Å². The van der Waals surface area contributed by atoms with E-state index in [-0.39, 0.29) is 35.9 Å². The predicted octanol–water partition coefficient (Wildman–Crippen LogP) is 1.36. The molecule has 5 atom stereocenters. The van der Waals surface area contributed by atoms with Crippen LogP contribution >= 0.6 is 15.5 Å². The fourth-order valence-corrected chi connectivity index (χ4v) is 7.01. The molecular formula is C13H32N2O8P2S2. The molecule has 5 unspecified atom stereocenters. The Morgan fingerprint density at radius 2 is 1.26 bits per heavy atom. The molecule has 0 rings (SSSR count). The highest BCUT2D eigenvalue weighted by atomic mass is 32.2. The average molecular weight is 470 g/mol. The Labute approximate surface area is 165 Å². The van der Waals surface area contributed by atoms with Crippen molar-refractivity contribution in [1.82, 2.24) is 0 Å². The van der Waals surface area contributed by atoms with E-state index in [1.807, 2.05) is 0 Å². The molecule has 164 valence electrons. The molecule has 0 radical (unpaired) electrons. The van der Waals surface area contributed by atoms with Gasteiger partial charge in [-0.3, -0.25) is 17.5 Å². The summed E-state index contributed by atoms with van der Waals surface area (Å²) in [6.45, 7) is 6.53. The van der Waals surface area contributed by atoms with Crippen LogP contribution < -0.4 is 11.0 Å². The van der Waals surface area contributed by atoms with E-state index in [9.17, 15) is 17.5 Å². The smallest absolute Gasteiger partial charge is 0.313 e. The highest BCUT2D eigenvalue weighted by Gasteiger charge is 2.31. The summed E-state index contributed by atoms with van der Waals surface area (Å²) in [6, 6.07) is 0. The second-order valence-electron chi connectivity index (χ2n) is 7.07. The summed E-state index contributed by atoms with van der Waals surface area (Å²) >= 11 is 0. The van der Waals surface area contributed by atoms with E-state index in [0.29, 0.717) is 6.42 Å². The minimum absolute atomic E-state index is 0.196. The number of rotatable bonds is 14. The summed E-state index contributed by atoms with van der Waals surface area (Å²) in [7, 11) is -10.8. The van der Waals surface area contributed by atoms with Crippen molar-refractivity contribution in [2.45, 2.75) is 58.2 Å². The van der Waals surface area contributed by atoms with Crippen LogP contribution in [0.3, 0.4) is 0 Å². The van der Waals surface area contributed by atoms with Gasteiger partial charge in [-0.2, -0.15) is 0 Å². The summed E-state index contributed by atoms with van der Waals surface area (Å²) in [5.41, 5.74) is 8.03. The molecule has 0 fully saturated rings. The first-order valence-corrected chi connectivity index (χ1v) is 14.6. The molecule has 0 aliphatic carbocycles. The van der Waals surface area contributed by atoms with Crippen molar-refractivity contribution >= 4 is 37.1 Å². The van der Waals surface area contributed by atoms with Gasteiger partial charge in [0.2, 0.25) is 0 Å². The van der Waals surface area contributed by atoms with Crippen molar-refractivity contribution in [2.24, 2.45) is 11.0 Å². The minimum atomic E-state index is -4.14. The van der Waals surface area contributed by atoms with Crippen LogP contribution in [0, 0.1) is 0 Å². The monoisotopic (exact) mass is 470 g/mol. The maximum absolute atomic E-state index is 12.1. The molecule has 10 nitrogen and oxygen atoms in total. The topological polar surface area (TPSA) is 179 Å². The number of nitrogens with two attached hydrogens (primary N) is 2. The van der Waals surface area contributed by atoms with Crippen molar-refractivity contribution in [1.29, 1.82) is 0 Å². The summed E-state index contributed by atoms with van der Waals surface area (Å²) in [6.07, 6.45) is 0.939. The Morgan fingerprint density at radius 3 is 1.63 bits per heavy atom. The molecular weight excluding hydrogens is 438 g/mol. The first kappa shape index (κ1) is 27.5. The van der Waals surface area contributed by atoms with Crippen LogP contribution in [0.5, 0.6) is 0 Å². The van der Waals surface area contributed by atoms with Crippen LogP contribution in [-0.2, 0) is 39.8 Å². The van der Waals surface area contributed by atoms with Crippen molar-refractivity contribution in [3.8, 4) is 0 Å². The SMILES string of the molecule is CCC(C)(CCS(=O)CCS(=O)CCC(C)(C)OP(N)(=O)O)OP(N)(=O)O. The normalized spacial score (nSPS) is 21.6. The molecule has 0 saturated carbocycles. The zero-order valence-corrected chi connectivity index (χ0v) is 19.6. The molecule has 27 heavy (non-hydrogen) atoms. The van der Waals surface area contributed by atoms with Crippen LogP contribution in [0.1, 0.15) is 47.0 Å². The Hall–Kier alpha value is 0.520. The lowest BCUT2D eigenvalue weighted by molar-refractivity contribution is 0.0670. The van der Waals surface area contributed by atoms with Crippen molar-refractivity contribution in [3.63, 3.8) is 0 Å². The third kappa shape index (κ3) is 15.1. The van der Waals surface area contributed by atoms with E-state index >= 15 is 0 Å². The molecule has 6 N–H and O–H groups in total. The van der Waals surface area contributed by atoms with E-state index in [0.717, 1.165) is 0 Å². The second-order valence-corrected chi connectivity index (χ2v) is 13.1. The number of hydrogen-bond donors (Lipinski definition) is 4. The van der Waals surface area contributed by atoms with Gasteiger partial charge in [0.15, 0.2) is 0 Å². The molecule has 0 spiro atoms. The molecule has 0 heterocycles. The molecule has 0 aromatic carbocycles. The Morgan fingerprint density at radius 1 is 0.852 bits per heavy atom. The number of hydrogen-bond acceptors (Lipinski definition) is 6. The second kappa shape index (κ2) is 11.1. The summed E-state index contributed by atoms with van der Waals surface area (Å²) in [4.78, 5) is 18.2. The van der Waals surface area contributed by atoms with E-state index < -0.39 is 48.3 Å². The Balaban J connectivity index is 4.33. The minimum Gasteiger partial charge on any atom is -0.313 e. The van der Waals surface area contributed by atoms with Gasteiger partial charge < -0.3 is 9.79 Å². The first-order chi connectivity index (χ1) is 12.0. The van der Waals surface area contributed by atoms with Crippen LogP contribution in [0.25, 0.3) is 0 Å². The predicted molar refractivity (Wildman–Crippen MR) is 108 cm³/mol.